The van der Waals surface area contributed by atoms with Crippen LogP contribution in [0.1, 0.15) is 18.4 Å². The van der Waals surface area contributed by atoms with Crippen LogP contribution in [0.2, 0.25) is 0 Å². The number of aryl methyl sites for hydroxylation is 1. The molecule has 0 aromatic heterocycles. The molecule has 0 radical (unpaired) electrons. The van der Waals surface area contributed by atoms with Gasteiger partial charge in [-0.1, -0.05) is 0 Å². The van der Waals surface area contributed by atoms with Crippen molar-refractivity contribution in [2.45, 2.75) is 19.8 Å². The van der Waals surface area contributed by atoms with E-state index in [2.05, 4.69) is 5.32 Å². The second kappa shape index (κ2) is 3.81. The molecule has 1 aliphatic carbocycles. The molecule has 17 heavy (non-hydrogen) atoms. The summed E-state index contributed by atoms with van der Waals surface area (Å²) in [7, 11) is 0. The molecule has 1 aromatic rings. The first kappa shape index (κ1) is 11.5. The molecular weight excluding hydrogens is 226 g/mol. The highest BCUT2D eigenvalue weighted by Gasteiger charge is 2.50. The van der Waals surface area contributed by atoms with Crippen molar-refractivity contribution in [3.05, 3.63) is 29.3 Å². The highest BCUT2D eigenvalue weighted by atomic mass is 19.1. The number of benzene rings is 1. The van der Waals surface area contributed by atoms with E-state index in [9.17, 15) is 13.6 Å². The second-order valence-corrected chi connectivity index (χ2v) is 4.23. The summed E-state index contributed by atoms with van der Waals surface area (Å²) in [5, 5.41) is 11.0. The van der Waals surface area contributed by atoms with E-state index in [-0.39, 0.29) is 11.3 Å². The van der Waals surface area contributed by atoms with Gasteiger partial charge in [-0.15, -0.1) is 0 Å². The van der Waals surface area contributed by atoms with E-state index in [0.717, 1.165) is 12.1 Å². The highest BCUT2D eigenvalue weighted by Crippen LogP contribution is 2.45. The molecule has 0 atom stereocenters. The molecular formula is C12H10F2N2O. The van der Waals surface area contributed by atoms with E-state index in [1.165, 1.54) is 6.92 Å². The number of carbonyl (C=O) groups is 1. The Bertz CT molecular complexity index is 530. The Morgan fingerprint density at radius 3 is 2.59 bits per heavy atom. The minimum absolute atomic E-state index is 0.168. The lowest BCUT2D eigenvalue weighted by Crippen LogP contribution is -2.23. The standard InChI is InChI=1S/C12H10F2N2O/c1-7-4-9(14)10(5-8(7)13)16-11(17)12(6-15)2-3-12/h4-5H,2-3H2,1H3,(H,16,17). The van der Waals surface area contributed by atoms with Crippen molar-refractivity contribution in [3.63, 3.8) is 0 Å². The van der Waals surface area contributed by atoms with Crippen molar-refractivity contribution >= 4 is 11.6 Å². The van der Waals surface area contributed by atoms with Gasteiger partial charge < -0.3 is 5.32 Å². The van der Waals surface area contributed by atoms with Crippen molar-refractivity contribution in [1.82, 2.24) is 0 Å². The lowest BCUT2D eigenvalue weighted by molar-refractivity contribution is -0.119. The molecule has 1 fully saturated rings. The first-order valence-corrected chi connectivity index (χ1v) is 5.17. The lowest BCUT2D eigenvalue weighted by Gasteiger charge is -2.10. The van der Waals surface area contributed by atoms with Crippen LogP contribution in [0.25, 0.3) is 0 Å². The van der Waals surface area contributed by atoms with Crippen LogP contribution in [-0.4, -0.2) is 5.91 Å². The van der Waals surface area contributed by atoms with Crippen molar-refractivity contribution in [2.75, 3.05) is 5.32 Å². The average molecular weight is 236 g/mol. The number of hydrogen-bond donors (Lipinski definition) is 1. The van der Waals surface area contributed by atoms with Crippen LogP contribution in [0.4, 0.5) is 14.5 Å². The SMILES string of the molecule is Cc1cc(F)c(NC(=O)C2(C#N)CC2)cc1F. The maximum atomic E-state index is 13.4. The minimum atomic E-state index is -1.05. The fraction of sp³-hybridized carbons (Fsp3) is 0.333. The van der Waals surface area contributed by atoms with Crippen LogP contribution in [0, 0.1) is 35.3 Å². The molecule has 2 rings (SSSR count). The van der Waals surface area contributed by atoms with E-state index >= 15 is 0 Å². The van der Waals surface area contributed by atoms with Crippen molar-refractivity contribution in [1.29, 1.82) is 5.26 Å². The molecule has 88 valence electrons. The highest BCUT2D eigenvalue weighted by molar-refractivity contribution is 5.99. The number of hydrogen-bond acceptors (Lipinski definition) is 2. The number of carbonyl (C=O) groups excluding carboxylic acids is 1. The zero-order valence-corrected chi connectivity index (χ0v) is 9.18. The van der Waals surface area contributed by atoms with Gasteiger partial charge in [0.2, 0.25) is 5.91 Å². The third kappa shape index (κ3) is 1.98. The molecule has 0 unspecified atom stereocenters. The molecule has 0 spiro atoms. The molecule has 0 aliphatic heterocycles. The van der Waals surface area contributed by atoms with Gasteiger partial charge in [0.1, 0.15) is 17.0 Å². The first-order chi connectivity index (χ1) is 7.98. The maximum absolute atomic E-state index is 13.4. The fourth-order valence-corrected chi connectivity index (χ4v) is 1.50. The fourth-order valence-electron chi connectivity index (χ4n) is 1.50. The summed E-state index contributed by atoms with van der Waals surface area (Å²) >= 11 is 0. The van der Waals surface area contributed by atoms with Gasteiger partial charge >= 0.3 is 0 Å². The molecule has 1 saturated carbocycles. The van der Waals surface area contributed by atoms with E-state index < -0.39 is 23.0 Å². The van der Waals surface area contributed by atoms with Crippen LogP contribution >= 0.6 is 0 Å². The number of rotatable bonds is 2. The third-order valence-electron chi connectivity index (χ3n) is 2.90. The van der Waals surface area contributed by atoms with Crippen LogP contribution in [0.5, 0.6) is 0 Å². The first-order valence-electron chi connectivity index (χ1n) is 5.17. The molecule has 0 heterocycles. The number of nitrogens with one attached hydrogen (secondary N) is 1. The summed E-state index contributed by atoms with van der Waals surface area (Å²) in [5.74, 6) is -1.86. The Morgan fingerprint density at radius 2 is 2.06 bits per heavy atom. The third-order valence-corrected chi connectivity index (χ3v) is 2.90. The van der Waals surface area contributed by atoms with E-state index in [1.807, 2.05) is 6.07 Å². The number of nitrogens with zero attached hydrogens (tertiary/aromatic N) is 1. The molecule has 1 aliphatic rings. The van der Waals surface area contributed by atoms with E-state index in [4.69, 9.17) is 5.26 Å². The van der Waals surface area contributed by atoms with E-state index in [0.29, 0.717) is 12.8 Å². The smallest absolute Gasteiger partial charge is 0.244 e. The Morgan fingerprint density at radius 1 is 1.41 bits per heavy atom. The molecule has 1 amide bonds. The minimum Gasteiger partial charge on any atom is -0.322 e. The molecule has 0 saturated heterocycles. The lowest BCUT2D eigenvalue weighted by atomic mass is 10.1. The van der Waals surface area contributed by atoms with Gasteiger partial charge in [-0.2, -0.15) is 5.26 Å². The van der Waals surface area contributed by atoms with Crippen molar-refractivity contribution in [2.24, 2.45) is 5.41 Å². The van der Waals surface area contributed by atoms with Gasteiger partial charge in [-0.3, -0.25) is 4.79 Å². The summed E-state index contributed by atoms with van der Waals surface area (Å²) in [6.45, 7) is 1.43. The Balaban J connectivity index is 2.23. The predicted octanol–water partition coefficient (Wildman–Crippen LogP) is 2.52. The molecule has 1 aromatic carbocycles. The number of nitriles is 1. The van der Waals surface area contributed by atoms with Gasteiger partial charge in [0.25, 0.3) is 0 Å². The summed E-state index contributed by atoms with van der Waals surface area (Å²) in [6.07, 6.45) is 0.927. The van der Waals surface area contributed by atoms with Gasteiger partial charge in [0.15, 0.2) is 0 Å². The van der Waals surface area contributed by atoms with Crippen LogP contribution in [0.15, 0.2) is 12.1 Å². The quantitative estimate of drug-likeness (QED) is 0.857. The number of amides is 1. The zero-order chi connectivity index (χ0) is 12.6. The summed E-state index contributed by atoms with van der Waals surface area (Å²) in [6, 6.07) is 3.83. The van der Waals surface area contributed by atoms with Crippen molar-refractivity contribution in [3.8, 4) is 6.07 Å². The van der Waals surface area contributed by atoms with Gasteiger partial charge in [-0.05, 0) is 31.4 Å². The predicted molar refractivity (Wildman–Crippen MR) is 57.0 cm³/mol. The van der Waals surface area contributed by atoms with Crippen LogP contribution in [0.3, 0.4) is 0 Å². The summed E-state index contributed by atoms with van der Waals surface area (Å²) in [5.41, 5.74) is -1.10. The second-order valence-electron chi connectivity index (χ2n) is 4.23. The Hall–Kier alpha value is -1.96. The molecule has 5 heteroatoms. The van der Waals surface area contributed by atoms with E-state index in [1.54, 1.807) is 0 Å². The Kier molecular flexibility index (Phi) is 2.58. The number of anilines is 1. The van der Waals surface area contributed by atoms with Crippen LogP contribution < -0.4 is 5.32 Å². The van der Waals surface area contributed by atoms with Gasteiger partial charge in [0.05, 0.1) is 11.8 Å². The van der Waals surface area contributed by atoms with Gasteiger partial charge in [-0.25, -0.2) is 8.78 Å². The average Bonchev–Trinajstić information content (AvgIpc) is 3.06. The zero-order valence-electron chi connectivity index (χ0n) is 9.18. The number of halogens is 2. The monoisotopic (exact) mass is 236 g/mol. The maximum Gasteiger partial charge on any atom is 0.244 e. The topological polar surface area (TPSA) is 52.9 Å². The molecule has 0 bridgehead atoms. The normalized spacial score (nSPS) is 16.1. The van der Waals surface area contributed by atoms with Gasteiger partial charge in [0, 0.05) is 6.07 Å². The van der Waals surface area contributed by atoms with Crippen LogP contribution in [-0.2, 0) is 4.79 Å². The summed E-state index contributed by atoms with van der Waals surface area (Å²) < 4.78 is 26.7. The molecule has 3 nitrogen and oxygen atoms in total. The molecule has 1 N–H and O–H groups in total. The Labute approximate surface area is 97.1 Å². The van der Waals surface area contributed by atoms with Crippen molar-refractivity contribution < 1.29 is 13.6 Å². The largest absolute Gasteiger partial charge is 0.322 e. The summed E-state index contributed by atoms with van der Waals surface area (Å²) in [4.78, 5) is 11.7.